The van der Waals surface area contributed by atoms with E-state index < -0.39 is 11.7 Å². The first kappa shape index (κ1) is 19.0. The lowest BCUT2D eigenvalue weighted by molar-refractivity contribution is -0.137. The molecule has 0 N–H and O–H groups in total. The van der Waals surface area contributed by atoms with Gasteiger partial charge in [-0.1, -0.05) is 0 Å². The van der Waals surface area contributed by atoms with Crippen LogP contribution in [0.1, 0.15) is 46.6 Å². The fourth-order valence-electron chi connectivity index (χ4n) is 3.96. The Kier molecular flexibility index (Phi) is 5.14. The number of alkyl halides is 3. The second kappa shape index (κ2) is 7.58. The summed E-state index contributed by atoms with van der Waals surface area (Å²) in [6, 6.07) is 4.46. The number of carbonyl (C=O) groups is 1. The number of nitrogens with zero attached hydrogens (tertiary/aromatic N) is 4. The third kappa shape index (κ3) is 3.92. The maximum absolute atomic E-state index is 12.9. The van der Waals surface area contributed by atoms with E-state index in [0.717, 1.165) is 56.1 Å². The number of carbonyl (C=O) groups excluding carboxylic acids is 1. The average Bonchev–Trinajstić information content (AvgIpc) is 3.26. The number of benzene rings is 1. The zero-order valence-electron chi connectivity index (χ0n) is 15.6. The largest absolute Gasteiger partial charge is 0.416 e. The molecule has 1 aromatic heterocycles. The highest BCUT2D eigenvalue weighted by molar-refractivity contribution is 5.94. The molecule has 2 aromatic rings. The van der Waals surface area contributed by atoms with Crippen LogP contribution in [0.3, 0.4) is 0 Å². The summed E-state index contributed by atoms with van der Waals surface area (Å²) in [5.74, 6) is -0.240. The van der Waals surface area contributed by atoms with E-state index in [4.69, 9.17) is 0 Å². The fourth-order valence-corrected chi connectivity index (χ4v) is 3.96. The molecule has 1 saturated heterocycles. The van der Waals surface area contributed by atoms with Crippen LogP contribution in [-0.4, -0.2) is 44.9 Å². The molecule has 1 aromatic carbocycles. The van der Waals surface area contributed by atoms with Gasteiger partial charge in [-0.2, -0.15) is 13.2 Å². The van der Waals surface area contributed by atoms with Gasteiger partial charge in [-0.25, -0.2) is 4.98 Å². The minimum absolute atomic E-state index is 0.240. The first-order valence-corrected chi connectivity index (χ1v) is 9.63. The molecule has 3 heterocycles. The zero-order chi connectivity index (χ0) is 19.7. The second-order valence-electron chi connectivity index (χ2n) is 7.47. The molecule has 0 unspecified atom stereocenters. The monoisotopic (exact) mass is 392 g/mol. The molecule has 0 atom stereocenters. The Balaban J connectivity index is 1.52. The van der Waals surface area contributed by atoms with Gasteiger partial charge < -0.3 is 9.47 Å². The predicted molar refractivity (Wildman–Crippen MR) is 97.5 cm³/mol. The van der Waals surface area contributed by atoms with E-state index in [1.807, 2.05) is 6.33 Å². The predicted octanol–water partition coefficient (Wildman–Crippen LogP) is 3.54. The van der Waals surface area contributed by atoms with Gasteiger partial charge in [0.1, 0.15) is 0 Å². The summed E-state index contributed by atoms with van der Waals surface area (Å²) >= 11 is 0. The maximum atomic E-state index is 12.9. The standard InChI is InChI=1S/C20H23F3N4O/c21-20(22,23)16-6-4-15(5-7-16)19(28)26-10-3-11-27-14-24-17(18(27)13-26)12-25-8-1-2-9-25/h4-7,14H,1-3,8-13H2. The number of amides is 1. The van der Waals surface area contributed by atoms with Crippen molar-refractivity contribution in [3.8, 4) is 0 Å². The average molecular weight is 392 g/mol. The molecule has 1 amide bonds. The molecule has 2 aliphatic heterocycles. The number of fused-ring (bicyclic) bond motifs is 1. The van der Waals surface area contributed by atoms with E-state index in [9.17, 15) is 18.0 Å². The van der Waals surface area contributed by atoms with Crippen molar-refractivity contribution in [2.45, 2.75) is 45.1 Å². The van der Waals surface area contributed by atoms with E-state index in [0.29, 0.717) is 13.1 Å². The van der Waals surface area contributed by atoms with Crippen LogP contribution in [0.15, 0.2) is 30.6 Å². The molecule has 8 heteroatoms. The number of rotatable bonds is 3. The first-order valence-electron chi connectivity index (χ1n) is 9.63. The molecule has 150 valence electrons. The molecule has 28 heavy (non-hydrogen) atoms. The van der Waals surface area contributed by atoms with Crippen molar-refractivity contribution >= 4 is 5.91 Å². The van der Waals surface area contributed by atoms with Crippen molar-refractivity contribution in [1.82, 2.24) is 19.4 Å². The summed E-state index contributed by atoms with van der Waals surface area (Å²) in [6.45, 7) is 4.72. The van der Waals surface area contributed by atoms with E-state index in [1.165, 1.54) is 25.0 Å². The molecule has 4 rings (SSSR count). The van der Waals surface area contributed by atoms with Crippen LogP contribution in [0.2, 0.25) is 0 Å². The molecule has 0 aliphatic carbocycles. The lowest BCUT2D eigenvalue weighted by Crippen LogP contribution is -2.31. The number of aryl methyl sites for hydroxylation is 1. The van der Waals surface area contributed by atoms with Crippen molar-refractivity contribution in [1.29, 1.82) is 0 Å². The SMILES string of the molecule is O=C(c1ccc(C(F)(F)F)cc1)N1CCCn2cnc(CN3CCCC3)c2C1. The first-order chi connectivity index (χ1) is 13.4. The van der Waals surface area contributed by atoms with Gasteiger partial charge >= 0.3 is 6.18 Å². The van der Waals surface area contributed by atoms with Gasteiger partial charge in [-0.05, 0) is 56.6 Å². The summed E-state index contributed by atoms with van der Waals surface area (Å²) in [5.41, 5.74) is 1.56. The lowest BCUT2D eigenvalue weighted by Gasteiger charge is -2.22. The Morgan fingerprint density at radius 2 is 1.71 bits per heavy atom. The molecule has 0 bridgehead atoms. The van der Waals surface area contributed by atoms with Gasteiger partial charge in [0.2, 0.25) is 0 Å². The molecule has 0 spiro atoms. The van der Waals surface area contributed by atoms with Gasteiger partial charge in [0.15, 0.2) is 0 Å². The van der Waals surface area contributed by atoms with E-state index >= 15 is 0 Å². The van der Waals surface area contributed by atoms with Crippen molar-refractivity contribution < 1.29 is 18.0 Å². The van der Waals surface area contributed by atoms with Crippen LogP contribution in [0.5, 0.6) is 0 Å². The Bertz CT molecular complexity index is 838. The van der Waals surface area contributed by atoms with E-state index in [2.05, 4.69) is 14.5 Å². The number of likely N-dealkylation sites (tertiary alicyclic amines) is 1. The summed E-state index contributed by atoms with van der Waals surface area (Å²) < 4.78 is 40.4. The highest BCUT2D eigenvalue weighted by Crippen LogP contribution is 2.29. The maximum Gasteiger partial charge on any atom is 0.416 e. The Morgan fingerprint density at radius 3 is 2.39 bits per heavy atom. The van der Waals surface area contributed by atoms with Crippen molar-refractivity contribution in [2.24, 2.45) is 0 Å². The van der Waals surface area contributed by atoms with Gasteiger partial charge in [0.05, 0.1) is 29.8 Å². The normalized spacial score (nSPS) is 18.2. The molecule has 5 nitrogen and oxygen atoms in total. The molecule has 0 saturated carbocycles. The van der Waals surface area contributed by atoms with Gasteiger partial charge in [-0.15, -0.1) is 0 Å². The van der Waals surface area contributed by atoms with Crippen molar-refractivity contribution in [3.05, 3.63) is 53.1 Å². The lowest BCUT2D eigenvalue weighted by atomic mass is 10.1. The third-order valence-corrected chi connectivity index (χ3v) is 5.52. The van der Waals surface area contributed by atoms with Gasteiger partial charge in [0.25, 0.3) is 5.91 Å². The van der Waals surface area contributed by atoms with Crippen LogP contribution in [0.4, 0.5) is 13.2 Å². The third-order valence-electron chi connectivity index (χ3n) is 5.52. The summed E-state index contributed by atoms with van der Waals surface area (Å²) in [6.07, 6.45) is 0.635. The highest BCUT2D eigenvalue weighted by Gasteiger charge is 2.31. The number of aromatic nitrogens is 2. The number of hydrogen-bond acceptors (Lipinski definition) is 3. The van der Waals surface area contributed by atoms with Crippen LogP contribution in [-0.2, 0) is 25.8 Å². The Hall–Kier alpha value is -2.35. The zero-order valence-corrected chi connectivity index (χ0v) is 15.6. The molecular formula is C20H23F3N4O. The Morgan fingerprint density at radius 1 is 1.00 bits per heavy atom. The summed E-state index contributed by atoms with van der Waals surface area (Å²) in [4.78, 5) is 21.6. The summed E-state index contributed by atoms with van der Waals surface area (Å²) in [7, 11) is 0. The van der Waals surface area contributed by atoms with Crippen LogP contribution < -0.4 is 0 Å². The van der Waals surface area contributed by atoms with Crippen molar-refractivity contribution in [2.75, 3.05) is 19.6 Å². The molecule has 1 fully saturated rings. The van der Waals surface area contributed by atoms with Crippen LogP contribution >= 0.6 is 0 Å². The van der Waals surface area contributed by atoms with Crippen LogP contribution in [0.25, 0.3) is 0 Å². The topological polar surface area (TPSA) is 41.4 Å². The second-order valence-corrected chi connectivity index (χ2v) is 7.47. The minimum atomic E-state index is -4.40. The number of hydrogen-bond donors (Lipinski definition) is 0. The molecule has 0 radical (unpaired) electrons. The van der Waals surface area contributed by atoms with Gasteiger partial charge in [-0.3, -0.25) is 9.69 Å². The highest BCUT2D eigenvalue weighted by atomic mass is 19.4. The summed E-state index contributed by atoms with van der Waals surface area (Å²) in [5, 5.41) is 0. The number of halogens is 3. The van der Waals surface area contributed by atoms with Gasteiger partial charge in [0, 0.05) is 25.2 Å². The van der Waals surface area contributed by atoms with E-state index in [-0.39, 0.29) is 11.5 Å². The quantitative estimate of drug-likeness (QED) is 0.802. The molecule has 2 aliphatic rings. The number of imidazole rings is 1. The van der Waals surface area contributed by atoms with E-state index in [1.54, 1.807) is 4.90 Å². The fraction of sp³-hybridized carbons (Fsp3) is 0.500. The smallest absolute Gasteiger partial charge is 0.333 e. The Labute approximate surface area is 161 Å². The van der Waals surface area contributed by atoms with Crippen molar-refractivity contribution in [3.63, 3.8) is 0 Å². The minimum Gasteiger partial charge on any atom is -0.333 e. The van der Waals surface area contributed by atoms with Crippen LogP contribution in [0, 0.1) is 0 Å². The molecular weight excluding hydrogens is 369 g/mol.